The van der Waals surface area contributed by atoms with Crippen LogP contribution in [0.2, 0.25) is 25.2 Å². The Balaban J connectivity index is 1.95. The lowest BCUT2D eigenvalue weighted by Gasteiger charge is -2.39. The minimum atomic E-state index is -1.74. The van der Waals surface area contributed by atoms with Gasteiger partial charge < -0.3 is 10.2 Å². The number of hydrogen-bond acceptors (Lipinski definition) is 2. The first kappa shape index (κ1) is 16.4. The van der Waals surface area contributed by atoms with Gasteiger partial charge in [-0.05, 0) is 23.6 Å². The van der Waals surface area contributed by atoms with Crippen molar-refractivity contribution in [1.82, 2.24) is 4.90 Å². The van der Waals surface area contributed by atoms with E-state index >= 15 is 0 Å². The molecule has 130 valence electrons. The molecular formula is C21H26N2OSi. The van der Waals surface area contributed by atoms with Gasteiger partial charge in [0.05, 0.1) is 8.07 Å². The van der Waals surface area contributed by atoms with Gasteiger partial charge in [0.2, 0.25) is 5.91 Å². The molecule has 4 rings (SSSR count). The maximum Gasteiger partial charge on any atom is 0.225 e. The highest BCUT2D eigenvalue weighted by Crippen LogP contribution is 2.59. The van der Waals surface area contributed by atoms with Crippen molar-refractivity contribution < 1.29 is 4.79 Å². The Bertz CT molecular complexity index is 814. The second kappa shape index (κ2) is 5.46. The quantitative estimate of drug-likeness (QED) is 0.845. The van der Waals surface area contributed by atoms with Gasteiger partial charge >= 0.3 is 0 Å². The molecule has 2 heterocycles. The van der Waals surface area contributed by atoms with Crippen LogP contribution in [0.15, 0.2) is 54.6 Å². The summed E-state index contributed by atoms with van der Waals surface area (Å²) in [6.45, 7) is 7.00. The summed E-state index contributed by atoms with van der Waals surface area (Å²) in [4.78, 5) is 15.3. The molecule has 0 saturated carbocycles. The molecule has 0 unspecified atom stereocenters. The average molecular weight is 351 g/mol. The molecule has 2 aliphatic heterocycles. The number of likely N-dealkylation sites (N-methyl/N-ethyl adjacent to an activating group) is 1. The largest absolute Gasteiger partial charge is 0.364 e. The van der Waals surface area contributed by atoms with Gasteiger partial charge in [0, 0.05) is 23.7 Å². The normalized spacial score (nSPS) is 27.8. The van der Waals surface area contributed by atoms with Crippen molar-refractivity contribution in [1.29, 1.82) is 0 Å². The molecule has 0 radical (unpaired) electrons. The molecule has 1 fully saturated rings. The van der Waals surface area contributed by atoms with Crippen molar-refractivity contribution in [3.8, 4) is 0 Å². The molecule has 3 nitrogen and oxygen atoms in total. The van der Waals surface area contributed by atoms with Crippen LogP contribution in [0.1, 0.15) is 11.1 Å². The number of nitrogens with zero attached hydrogens (tertiary/aromatic N) is 1. The van der Waals surface area contributed by atoms with E-state index in [1.807, 2.05) is 11.9 Å². The molecular weight excluding hydrogens is 324 g/mol. The molecule has 0 aromatic heterocycles. The van der Waals surface area contributed by atoms with E-state index in [2.05, 4.69) is 79.6 Å². The SMILES string of the molecule is CN1C(=O)[C@@H]([Si](C)(C)C)[C@@]2(Cc3ccccc3)c3ccccc3N[C@@H]12. The molecule has 2 aromatic carbocycles. The summed E-state index contributed by atoms with van der Waals surface area (Å²) < 4.78 is 0. The second-order valence-electron chi connectivity index (χ2n) is 8.54. The number of fused-ring (bicyclic) bond motifs is 3. The topological polar surface area (TPSA) is 32.3 Å². The van der Waals surface area contributed by atoms with Crippen LogP contribution in [-0.4, -0.2) is 32.1 Å². The van der Waals surface area contributed by atoms with Crippen molar-refractivity contribution in [3.05, 3.63) is 65.7 Å². The summed E-state index contributed by atoms with van der Waals surface area (Å²) in [5, 5.41) is 3.67. The fourth-order valence-corrected chi connectivity index (χ4v) is 8.02. The Labute approximate surface area is 151 Å². The highest BCUT2D eigenvalue weighted by atomic mass is 28.3. The van der Waals surface area contributed by atoms with Crippen LogP contribution in [0.4, 0.5) is 5.69 Å². The van der Waals surface area contributed by atoms with Crippen molar-refractivity contribution in [2.24, 2.45) is 0 Å². The molecule has 0 bridgehead atoms. The number of carbonyl (C=O) groups excluding carboxylic acids is 1. The first-order valence-corrected chi connectivity index (χ1v) is 12.6. The predicted octanol–water partition coefficient (Wildman–Crippen LogP) is 4.10. The summed E-state index contributed by atoms with van der Waals surface area (Å²) in [5.41, 5.74) is 3.69. The number of benzene rings is 2. The highest BCUT2D eigenvalue weighted by Gasteiger charge is 2.65. The second-order valence-corrected chi connectivity index (χ2v) is 13.9. The molecule has 2 aromatic rings. The minimum Gasteiger partial charge on any atom is -0.364 e. The van der Waals surface area contributed by atoms with Crippen LogP contribution in [0, 0.1) is 0 Å². The van der Waals surface area contributed by atoms with Gasteiger partial charge in [0.25, 0.3) is 0 Å². The van der Waals surface area contributed by atoms with Gasteiger partial charge in [0.15, 0.2) is 0 Å². The number of para-hydroxylation sites is 1. The van der Waals surface area contributed by atoms with Crippen molar-refractivity contribution >= 4 is 19.7 Å². The van der Waals surface area contributed by atoms with E-state index < -0.39 is 8.07 Å². The van der Waals surface area contributed by atoms with Gasteiger partial charge in [-0.2, -0.15) is 0 Å². The number of carbonyl (C=O) groups is 1. The van der Waals surface area contributed by atoms with Gasteiger partial charge in [-0.3, -0.25) is 4.79 Å². The van der Waals surface area contributed by atoms with E-state index in [-0.39, 0.29) is 17.1 Å². The lowest BCUT2D eigenvalue weighted by atomic mass is 9.74. The summed E-state index contributed by atoms with van der Waals surface area (Å²) >= 11 is 0. The van der Waals surface area contributed by atoms with Gasteiger partial charge in [-0.25, -0.2) is 0 Å². The third kappa shape index (κ3) is 2.27. The Morgan fingerprint density at radius 1 is 1.04 bits per heavy atom. The highest BCUT2D eigenvalue weighted by molar-refractivity contribution is 6.81. The van der Waals surface area contributed by atoms with E-state index in [0.29, 0.717) is 5.91 Å². The molecule has 2 aliphatic rings. The number of anilines is 1. The smallest absolute Gasteiger partial charge is 0.225 e. The van der Waals surface area contributed by atoms with Crippen LogP contribution >= 0.6 is 0 Å². The molecule has 0 spiro atoms. The fourth-order valence-electron chi connectivity index (χ4n) is 5.12. The van der Waals surface area contributed by atoms with E-state index in [9.17, 15) is 4.79 Å². The molecule has 1 N–H and O–H groups in total. The lowest BCUT2D eigenvalue weighted by Crippen LogP contribution is -2.48. The molecule has 25 heavy (non-hydrogen) atoms. The Morgan fingerprint density at radius 3 is 2.36 bits per heavy atom. The number of nitrogens with one attached hydrogen (secondary N) is 1. The lowest BCUT2D eigenvalue weighted by molar-refractivity contribution is -0.127. The summed E-state index contributed by atoms with van der Waals surface area (Å²) in [6.07, 6.45) is 0.933. The van der Waals surface area contributed by atoms with E-state index in [1.54, 1.807) is 0 Å². The molecule has 0 aliphatic carbocycles. The number of amides is 1. The van der Waals surface area contributed by atoms with Crippen LogP contribution in [0.25, 0.3) is 0 Å². The van der Waals surface area contributed by atoms with Gasteiger partial charge in [-0.15, -0.1) is 0 Å². The molecule has 3 atom stereocenters. The van der Waals surface area contributed by atoms with Crippen molar-refractivity contribution in [3.63, 3.8) is 0 Å². The third-order valence-electron chi connectivity index (χ3n) is 5.91. The first-order valence-electron chi connectivity index (χ1n) is 9.02. The molecule has 1 amide bonds. The van der Waals surface area contributed by atoms with Gasteiger partial charge in [-0.1, -0.05) is 68.2 Å². The summed E-state index contributed by atoms with van der Waals surface area (Å²) in [7, 11) is 0.223. The monoisotopic (exact) mass is 350 g/mol. The van der Waals surface area contributed by atoms with Crippen molar-refractivity contribution in [2.45, 2.75) is 43.2 Å². The zero-order chi connectivity index (χ0) is 17.8. The maximum absolute atomic E-state index is 13.3. The standard InChI is InChI=1S/C21H26N2OSi/c1-23-19(24)18(25(2,3)4)21(14-15-10-6-5-7-11-15)16-12-8-9-13-17(16)22-20(21)23/h5-13,18,20,22H,14H2,1-4H3/t18-,20+,21-/m1/s1. The fraction of sp³-hybridized carbons (Fsp3) is 0.381. The maximum atomic E-state index is 13.3. The molecule has 1 saturated heterocycles. The first-order chi connectivity index (χ1) is 11.9. The Morgan fingerprint density at radius 2 is 1.68 bits per heavy atom. The summed E-state index contributed by atoms with van der Waals surface area (Å²) in [5.74, 6) is 0.308. The predicted molar refractivity (Wildman–Crippen MR) is 106 cm³/mol. The molecule has 4 heteroatoms. The van der Waals surface area contributed by atoms with Crippen LogP contribution in [0.5, 0.6) is 0 Å². The van der Waals surface area contributed by atoms with Crippen molar-refractivity contribution in [2.75, 3.05) is 12.4 Å². The van der Waals surface area contributed by atoms with E-state index in [4.69, 9.17) is 0 Å². The number of rotatable bonds is 3. The van der Waals surface area contributed by atoms with Crippen LogP contribution < -0.4 is 5.32 Å². The minimum absolute atomic E-state index is 0.0364. The average Bonchev–Trinajstić information content (AvgIpc) is 2.98. The third-order valence-corrected chi connectivity index (χ3v) is 8.41. The Hall–Kier alpha value is -2.07. The van der Waals surface area contributed by atoms with Crippen LogP contribution in [0.3, 0.4) is 0 Å². The van der Waals surface area contributed by atoms with E-state index in [1.165, 1.54) is 16.8 Å². The van der Waals surface area contributed by atoms with E-state index in [0.717, 1.165) is 6.42 Å². The van der Waals surface area contributed by atoms with Crippen LogP contribution in [-0.2, 0) is 16.6 Å². The number of hydrogen-bond donors (Lipinski definition) is 1. The summed E-state index contributed by atoms with van der Waals surface area (Å²) in [6, 6.07) is 19.2. The Kier molecular flexibility index (Phi) is 3.58. The zero-order valence-corrected chi connectivity index (χ0v) is 16.4. The van der Waals surface area contributed by atoms with Gasteiger partial charge in [0.1, 0.15) is 6.17 Å². The number of likely N-dealkylation sites (tertiary alicyclic amines) is 1. The zero-order valence-electron chi connectivity index (χ0n) is 15.4.